The number of allylic oxidation sites excluding steroid dienone is 22. The van der Waals surface area contributed by atoms with E-state index in [1.54, 1.807) is 13.0 Å². The van der Waals surface area contributed by atoms with E-state index in [0.29, 0.717) is 0 Å². The van der Waals surface area contributed by atoms with Gasteiger partial charge in [-0.05, 0) is 162 Å². The fourth-order valence-corrected chi connectivity index (χ4v) is 12.0. The van der Waals surface area contributed by atoms with Gasteiger partial charge >= 0.3 is 0 Å². The van der Waals surface area contributed by atoms with Crippen LogP contribution in [0.3, 0.4) is 0 Å². The molecule has 2 heteroatoms. The molecule has 5 aliphatic carbocycles. The van der Waals surface area contributed by atoms with Crippen LogP contribution in [0, 0.1) is 0 Å². The van der Waals surface area contributed by atoms with Crippen molar-refractivity contribution >= 4 is 67.2 Å². The number of hydrogen-bond donors (Lipinski definition) is 1. The molecule has 7 aromatic carbocycles. The minimum atomic E-state index is -1.70. The molecule has 12 rings (SSSR count). The Labute approximate surface area is 429 Å². The van der Waals surface area contributed by atoms with Crippen LogP contribution in [0.5, 0.6) is 0 Å². The average molecular weight is 949 g/mol. The topological polar surface area (TPSA) is 0 Å². The Kier molecular flexibility index (Phi) is 12.0. The van der Waals surface area contributed by atoms with Crippen molar-refractivity contribution in [2.45, 2.75) is 61.3 Å². The van der Waals surface area contributed by atoms with Crippen molar-refractivity contribution in [3.8, 4) is 11.1 Å². The molecule has 0 radical (unpaired) electrons. The lowest BCUT2D eigenvalue weighted by atomic mass is 9.73. The maximum Gasteiger partial charge on any atom is 0.145 e. The predicted octanol–water partition coefficient (Wildman–Crippen LogP) is 19.1. The first kappa shape index (κ1) is 45.6. The van der Waals surface area contributed by atoms with Gasteiger partial charge in [-0.25, -0.2) is 4.39 Å². The highest BCUT2D eigenvalue weighted by molar-refractivity contribution is 7.82. The number of hydrogen-bond acceptors (Lipinski definition) is 1. The van der Waals surface area contributed by atoms with Crippen molar-refractivity contribution in [3.63, 3.8) is 0 Å². The standard InChI is InChI=1S/C70H57FS/c1-69(71)41-17-15-27-57(45-69)65-61-43-55(49-23-11-5-12-24-49)37-39-59(61)64(54-35-31-52(32-36-54)48-21-9-4-10-22-48)68-66(58-28-16-18-42-70(2,72)46-58)62-44-56(50-25-13-6-14-26-50)38-40-60(62)63(67(65)68)53-33-29-51(30-34-53)47-19-7-3-8-20-47/h3-23,25-29,31-35,37-46,49,51,54,72H,24,30,36H2,1-2H3. The van der Waals surface area contributed by atoms with Crippen molar-refractivity contribution in [2.24, 2.45) is 0 Å². The van der Waals surface area contributed by atoms with Crippen LogP contribution in [-0.2, 0) is 0 Å². The summed E-state index contributed by atoms with van der Waals surface area (Å²) in [6, 6.07) is 46.6. The van der Waals surface area contributed by atoms with Gasteiger partial charge < -0.3 is 0 Å². The molecule has 0 saturated carbocycles. The first-order chi connectivity index (χ1) is 35.2. The molecule has 0 spiro atoms. The molecule has 0 bridgehead atoms. The minimum absolute atomic E-state index is 0.0159. The average Bonchev–Trinajstić information content (AvgIpc) is 3.72. The number of rotatable bonds is 8. The molecule has 0 aliphatic heterocycles. The number of thiol groups is 1. The maximum absolute atomic E-state index is 17.1. The van der Waals surface area contributed by atoms with Gasteiger partial charge in [-0.2, -0.15) is 12.6 Å². The van der Waals surface area contributed by atoms with Crippen molar-refractivity contribution < 1.29 is 4.39 Å². The van der Waals surface area contributed by atoms with E-state index in [1.807, 2.05) is 18.2 Å². The molecule has 0 N–H and O–H groups in total. The molecule has 72 heavy (non-hydrogen) atoms. The van der Waals surface area contributed by atoms with Crippen LogP contribution in [0.1, 0.15) is 89.8 Å². The predicted molar refractivity (Wildman–Crippen MR) is 311 cm³/mol. The molecule has 0 fully saturated rings. The highest BCUT2D eigenvalue weighted by Crippen LogP contribution is 2.53. The molecule has 5 atom stereocenters. The molecule has 0 nitrogen and oxygen atoms in total. The fraction of sp³-hybridized carbons (Fsp3) is 0.143. The molecule has 5 aliphatic rings. The molecule has 0 aromatic heterocycles. The molecule has 0 amide bonds. The zero-order valence-electron chi connectivity index (χ0n) is 40.8. The third kappa shape index (κ3) is 8.73. The van der Waals surface area contributed by atoms with Gasteiger partial charge in [-0.1, -0.05) is 225 Å². The molecule has 350 valence electrons. The number of benzene rings is 7. The Balaban J connectivity index is 1.29. The van der Waals surface area contributed by atoms with Crippen molar-refractivity contribution in [1.82, 2.24) is 0 Å². The van der Waals surface area contributed by atoms with Crippen LogP contribution in [0.25, 0.3) is 65.7 Å². The van der Waals surface area contributed by atoms with E-state index in [2.05, 4.69) is 232 Å². The van der Waals surface area contributed by atoms with Crippen LogP contribution in [0.15, 0.2) is 249 Å². The van der Waals surface area contributed by atoms with Gasteiger partial charge in [-0.15, -0.1) is 0 Å². The summed E-state index contributed by atoms with van der Waals surface area (Å²) in [7, 11) is 0. The monoisotopic (exact) mass is 948 g/mol. The van der Waals surface area contributed by atoms with E-state index < -0.39 is 10.4 Å². The van der Waals surface area contributed by atoms with Gasteiger partial charge in [0.1, 0.15) is 5.67 Å². The van der Waals surface area contributed by atoms with Crippen LogP contribution in [0.4, 0.5) is 4.39 Å². The third-order valence-electron chi connectivity index (χ3n) is 15.2. The normalized spacial score (nSPS) is 23.5. The lowest BCUT2D eigenvalue weighted by Gasteiger charge is -2.30. The quantitative estimate of drug-likeness (QED) is 0.114. The van der Waals surface area contributed by atoms with E-state index in [1.165, 1.54) is 55.1 Å². The summed E-state index contributed by atoms with van der Waals surface area (Å²) < 4.78 is 16.6. The Morgan fingerprint density at radius 1 is 0.444 bits per heavy atom. The molecule has 5 unspecified atom stereocenters. The second-order valence-electron chi connectivity index (χ2n) is 20.4. The fourth-order valence-electron chi connectivity index (χ4n) is 11.8. The number of halogens is 1. The van der Waals surface area contributed by atoms with Crippen molar-refractivity contribution in [1.29, 1.82) is 0 Å². The van der Waals surface area contributed by atoms with Crippen LogP contribution < -0.4 is 0 Å². The summed E-state index contributed by atoms with van der Waals surface area (Å²) in [6.45, 7) is 3.84. The Hall–Kier alpha value is -7.52. The Morgan fingerprint density at radius 2 is 1.06 bits per heavy atom. The Bertz CT molecular complexity index is 3690. The molecule has 0 saturated heterocycles. The SMILES string of the molecule is CC1(F)C=CC=CC(c2c3cc(C4C=CC=CC4)ccc3c(C3C=CC(c4ccccc4)=CC3)c3c(C4=CC(C)(S)C=CC=C4)c4cc(-c5ccccc5)ccc4c(C4=CCC(c5ccccc5)C=C4)c23)=C1. The van der Waals surface area contributed by atoms with Crippen molar-refractivity contribution in [3.05, 3.63) is 288 Å². The molecule has 7 aromatic rings. The van der Waals surface area contributed by atoms with Gasteiger partial charge in [0.2, 0.25) is 0 Å². The highest BCUT2D eigenvalue weighted by Gasteiger charge is 2.32. The lowest BCUT2D eigenvalue weighted by Crippen LogP contribution is -2.12. The summed E-state index contributed by atoms with van der Waals surface area (Å²) in [5.41, 5.74) is 13.5. The van der Waals surface area contributed by atoms with E-state index in [0.717, 1.165) is 68.8 Å². The summed E-state index contributed by atoms with van der Waals surface area (Å²) in [6.07, 6.45) is 46.6. The second kappa shape index (κ2) is 18.9. The molecular weight excluding hydrogens is 892 g/mol. The lowest BCUT2D eigenvalue weighted by molar-refractivity contribution is 0.329. The van der Waals surface area contributed by atoms with E-state index in [4.69, 9.17) is 12.6 Å². The van der Waals surface area contributed by atoms with E-state index in [-0.39, 0.29) is 17.8 Å². The minimum Gasteiger partial charge on any atom is -0.235 e. The van der Waals surface area contributed by atoms with E-state index in [9.17, 15) is 0 Å². The smallest absolute Gasteiger partial charge is 0.145 e. The van der Waals surface area contributed by atoms with Crippen LogP contribution >= 0.6 is 12.6 Å². The van der Waals surface area contributed by atoms with Crippen molar-refractivity contribution in [2.75, 3.05) is 0 Å². The Morgan fingerprint density at radius 3 is 1.76 bits per heavy atom. The molecule has 0 heterocycles. The van der Waals surface area contributed by atoms with Gasteiger partial charge in [0.25, 0.3) is 0 Å². The first-order valence-electron chi connectivity index (χ1n) is 25.6. The zero-order chi connectivity index (χ0) is 48.8. The maximum atomic E-state index is 17.1. The highest BCUT2D eigenvalue weighted by atomic mass is 32.1. The third-order valence-corrected chi connectivity index (χ3v) is 15.5. The number of alkyl halides is 1. The van der Waals surface area contributed by atoms with E-state index >= 15 is 4.39 Å². The molecular formula is C70H57FS. The zero-order valence-corrected chi connectivity index (χ0v) is 41.7. The largest absolute Gasteiger partial charge is 0.235 e. The van der Waals surface area contributed by atoms with Crippen LogP contribution in [-0.4, -0.2) is 10.4 Å². The number of fused-ring (bicyclic) bond motifs is 3. The second-order valence-corrected chi connectivity index (χ2v) is 21.4. The van der Waals surface area contributed by atoms with Crippen LogP contribution in [0.2, 0.25) is 0 Å². The van der Waals surface area contributed by atoms with Gasteiger partial charge in [0.15, 0.2) is 0 Å². The van der Waals surface area contributed by atoms with Gasteiger partial charge in [0.05, 0.1) is 0 Å². The first-order valence-corrected chi connectivity index (χ1v) is 26.0. The summed E-state index contributed by atoms with van der Waals surface area (Å²) in [5, 5.41) is 6.99. The summed E-state index contributed by atoms with van der Waals surface area (Å²) in [5.74, 6) is 0.480. The van der Waals surface area contributed by atoms with Gasteiger partial charge in [0, 0.05) is 22.5 Å². The summed E-state index contributed by atoms with van der Waals surface area (Å²) in [4.78, 5) is 0. The summed E-state index contributed by atoms with van der Waals surface area (Å²) >= 11 is 5.31. The van der Waals surface area contributed by atoms with Gasteiger partial charge in [-0.3, -0.25) is 0 Å².